The van der Waals surface area contributed by atoms with Crippen molar-refractivity contribution in [3.8, 4) is 11.3 Å². The van der Waals surface area contributed by atoms with Crippen LogP contribution in [0, 0.1) is 0 Å². The van der Waals surface area contributed by atoms with Gasteiger partial charge in [0, 0.05) is 59.8 Å². The zero-order valence-electron chi connectivity index (χ0n) is 33.8. The standard InChI is InChI=1S/C55H36N4O2P2/c60-62(40-15-4-1-5-16-40,41-17-6-2-7-18-41)43-27-32-51-52(35-43)59-54-45-29-25-39(34-38(45)24-30-47(54)46-21-11-12-22-48(46)55(59)58-51)49-31-28-44(36-56-49)63(61,42-19-8-3-9-20-42)53-33-26-37-14-10-13-23-50(37)57-53/h1-36H. The molecule has 6 nitrogen and oxygen atoms in total. The Morgan fingerprint density at radius 2 is 1.02 bits per heavy atom. The lowest BCUT2D eigenvalue weighted by atomic mass is 9.98. The minimum absolute atomic E-state index is 0.528. The van der Waals surface area contributed by atoms with E-state index in [1.54, 1.807) is 6.20 Å². The van der Waals surface area contributed by atoms with Crippen LogP contribution in [0.3, 0.4) is 0 Å². The van der Waals surface area contributed by atoms with E-state index in [9.17, 15) is 0 Å². The molecule has 0 radical (unpaired) electrons. The summed E-state index contributed by atoms with van der Waals surface area (Å²) in [4.78, 5) is 15.1. The average molecular weight is 847 g/mol. The predicted molar refractivity (Wildman–Crippen MR) is 263 cm³/mol. The minimum Gasteiger partial charge on any atom is -0.309 e. The van der Waals surface area contributed by atoms with E-state index in [0.717, 1.165) is 87.2 Å². The number of rotatable bonds is 7. The van der Waals surface area contributed by atoms with Crippen LogP contribution < -0.4 is 32.0 Å². The second kappa shape index (κ2) is 14.6. The molecule has 63 heavy (non-hydrogen) atoms. The summed E-state index contributed by atoms with van der Waals surface area (Å²) in [6, 6.07) is 70.2. The van der Waals surface area contributed by atoms with Crippen LogP contribution >= 0.6 is 14.3 Å². The van der Waals surface area contributed by atoms with E-state index in [1.807, 2.05) is 152 Å². The van der Waals surface area contributed by atoms with Crippen LogP contribution in [0.15, 0.2) is 219 Å². The summed E-state index contributed by atoms with van der Waals surface area (Å²) in [6.07, 6.45) is 1.75. The minimum atomic E-state index is -3.37. The molecule has 0 bridgehead atoms. The normalized spacial score (nSPS) is 13.0. The van der Waals surface area contributed by atoms with Crippen molar-refractivity contribution in [3.63, 3.8) is 0 Å². The van der Waals surface area contributed by atoms with Gasteiger partial charge in [-0.2, -0.15) is 0 Å². The van der Waals surface area contributed by atoms with Gasteiger partial charge in [-0.25, -0.2) is 9.97 Å². The Morgan fingerprint density at radius 3 is 1.73 bits per heavy atom. The first-order valence-electron chi connectivity index (χ1n) is 20.9. The van der Waals surface area contributed by atoms with Gasteiger partial charge in [0.25, 0.3) is 0 Å². The molecule has 0 saturated carbocycles. The second-order valence-corrected chi connectivity index (χ2v) is 21.4. The highest BCUT2D eigenvalue weighted by molar-refractivity contribution is 7.85. The Kier molecular flexibility index (Phi) is 8.62. The van der Waals surface area contributed by atoms with Crippen molar-refractivity contribution in [3.05, 3.63) is 219 Å². The van der Waals surface area contributed by atoms with Crippen molar-refractivity contribution in [2.75, 3.05) is 0 Å². The zero-order chi connectivity index (χ0) is 42.1. The average Bonchev–Trinajstić information content (AvgIpc) is 3.75. The Morgan fingerprint density at radius 1 is 0.397 bits per heavy atom. The first kappa shape index (κ1) is 37.3. The van der Waals surface area contributed by atoms with E-state index < -0.39 is 14.3 Å². The number of para-hydroxylation sites is 1. The lowest BCUT2D eigenvalue weighted by Crippen LogP contribution is -2.27. The van der Waals surface area contributed by atoms with Crippen LogP contribution in [0.2, 0.25) is 0 Å². The molecule has 4 heterocycles. The van der Waals surface area contributed by atoms with E-state index in [4.69, 9.17) is 15.0 Å². The first-order valence-corrected chi connectivity index (χ1v) is 24.3. The van der Waals surface area contributed by atoms with Crippen molar-refractivity contribution in [2.45, 2.75) is 0 Å². The SMILES string of the molecule is O=P(c1ccccc1)(c1ccccc1)c1ccc2nc3c4ccccc4c4ccc5cc(-c6ccc(P(=O)(c7ccccc7)c7ccc8ccccc8n7)cn6)ccc5c4n3c2c1. The van der Waals surface area contributed by atoms with E-state index in [2.05, 4.69) is 65.1 Å². The molecule has 0 spiro atoms. The van der Waals surface area contributed by atoms with E-state index >= 15 is 9.13 Å². The van der Waals surface area contributed by atoms with Gasteiger partial charge in [0.05, 0.1) is 27.8 Å². The molecule has 0 aliphatic heterocycles. The lowest BCUT2D eigenvalue weighted by molar-refractivity contribution is 0.591. The number of benzene rings is 8. The molecule has 0 amide bonds. The smallest absolute Gasteiger partial charge is 0.190 e. The highest BCUT2D eigenvalue weighted by Crippen LogP contribution is 2.45. The highest BCUT2D eigenvalue weighted by Gasteiger charge is 2.33. The van der Waals surface area contributed by atoms with Crippen molar-refractivity contribution >= 4 is 106 Å². The fraction of sp³-hybridized carbons (Fsp3) is 0. The quantitative estimate of drug-likeness (QED) is 0.118. The number of hydrogen-bond acceptors (Lipinski definition) is 5. The molecule has 1 atom stereocenters. The van der Waals surface area contributed by atoms with Crippen LogP contribution in [0.1, 0.15) is 0 Å². The second-order valence-electron chi connectivity index (χ2n) is 15.9. The maximum Gasteiger partial charge on any atom is 0.190 e. The van der Waals surface area contributed by atoms with Crippen LogP contribution in [0.4, 0.5) is 0 Å². The van der Waals surface area contributed by atoms with Crippen molar-refractivity contribution in [2.24, 2.45) is 0 Å². The third-order valence-corrected chi connectivity index (χ3v) is 18.3. The summed E-state index contributed by atoms with van der Waals surface area (Å²) in [6.45, 7) is 0. The molecule has 0 aliphatic carbocycles. The number of aromatic nitrogens is 4. The number of pyridine rings is 3. The molecule has 0 aliphatic rings. The highest BCUT2D eigenvalue weighted by atomic mass is 31.2. The maximum atomic E-state index is 15.6. The van der Waals surface area contributed by atoms with Crippen LogP contribution in [-0.4, -0.2) is 19.4 Å². The molecule has 0 N–H and O–H groups in total. The van der Waals surface area contributed by atoms with Gasteiger partial charge in [-0.1, -0.05) is 164 Å². The van der Waals surface area contributed by atoms with E-state index in [1.165, 1.54) is 0 Å². The summed E-state index contributed by atoms with van der Waals surface area (Å²) in [5.74, 6) is 0. The molecule has 298 valence electrons. The largest absolute Gasteiger partial charge is 0.309 e. The Balaban J connectivity index is 1.03. The Labute approximate surface area is 362 Å². The van der Waals surface area contributed by atoms with Crippen molar-refractivity contribution < 1.29 is 9.13 Å². The fourth-order valence-corrected chi connectivity index (χ4v) is 14.4. The number of hydrogen-bond donors (Lipinski definition) is 0. The summed E-state index contributed by atoms with van der Waals surface area (Å²) >= 11 is 0. The van der Waals surface area contributed by atoms with Gasteiger partial charge in [0.15, 0.2) is 14.3 Å². The number of nitrogens with zero attached hydrogens (tertiary/aromatic N) is 4. The molecule has 8 heteroatoms. The van der Waals surface area contributed by atoms with Crippen LogP contribution in [0.5, 0.6) is 0 Å². The Bertz CT molecular complexity index is 3810. The third kappa shape index (κ3) is 5.83. The van der Waals surface area contributed by atoms with Gasteiger partial charge < -0.3 is 9.13 Å². The molecular weight excluding hydrogens is 811 g/mol. The van der Waals surface area contributed by atoms with E-state index in [-0.39, 0.29) is 0 Å². The topological polar surface area (TPSA) is 77.2 Å². The van der Waals surface area contributed by atoms with Crippen molar-refractivity contribution in [1.82, 2.24) is 19.4 Å². The summed E-state index contributed by atoms with van der Waals surface area (Å²) in [5, 5.41) is 9.99. The molecule has 0 saturated heterocycles. The predicted octanol–water partition coefficient (Wildman–Crippen LogP) is 10.8. The molecule has 4 aromatic heterocycles. The molecule has 12 rings (SSSR count). The lowest BCUT2D eigenvalue weighted by Gasteiger charge is -2.20. The summed E-state index contributed by atoms with van der Waals surface area (Å²) < 4.78 is 33.2. The molecule has 1 unspecified atom stereocenters. The number of fused-ring (bicyclic) bond motifs is 11. The van der Waals surface area contributed by atoms with Gasteiger partial charge in [-0.15, -0.1) is 0 Å². The Hall–Kier alpha value is -7.49. The monoisotopic (exact) mass is 846 g/mol. The van der Waals surface area contributed by atoms with Crippen LogP contribution in [0.25, 0.3) is 71.3 Å². The molecule has 12 aromatic rings. The van der Waals surface area contributed by atoms with E-state index in [0.29, 0.717) is 16.0 Å². The zero-order valence-corrected chi connectivity index (χ0v) is 35.6. The molecule has 0 fully saturated rings. The molecular formula is C55H36N4O2P2. The van der Waals surface area contributed by atoms with Gasteiger partial charge in [0.2, 0.25) is 0 Å². The fourth-order valence-electron chi connectivity index (χ4n) is 9.26. The maximum absolute atomic E-state index is 15.6. The first-order chi connectivity index (χ1) is 31.0. The summed E-state index contributed by atoms with van der Waals surface area (Å²) in [7, 11) is -6.63. The van der Waals surface area contributed by atoms with Crippen molar-refractivity contribution in [1.29, 1.82) is 0 Å². The van der Waals surface area contributed by atoms with Gasteiger partial charge in [0.1, 0.15) is 11.1 Å². The van der Waals surface area contributed by atoms with Gasteiger partial charge >= 0.3 is 0 Å². The van der Waals surface area contributed by atoms with Gasteiger partial charge in [-0.05, 0) is 59.3 Å². The van der Waals surface area contributed by atoms with Crippen LogP contribution in [-0.2, 0) is 9.13 Å². The number of imidazole rings is 1. The summed E-state index contributed by atoms with van der Waals surface area (Å²) in [5.41, 5.74) is 6.62. The van der Waals surface area contributed by atoms with Gasteiger partial charge in [-0.3, -0.25) is 9.38 Å². The third-order valence-electron chi connectivity index (χ3n) is 12.3. The molecule has 8 aromatic carbocycles.